The summed E-state index contributed by atoms with van der Waals surface area (Å²) in [5, 5.41) is 2.81. The molecule has 21 heavy (non-hydrogen) atoms. The number of rotatable bonds is 3. The number of benzene rings is 2. The van der Waals surface area contributed by atoms with Crippen LogP contribution in [0.25, 0.3) is 0 Å². The number of nitrogens with two attached hydrogens (primary N) is 1. The number of primary amides is 1. The van der Waals surface area contributed by atoms with Gasteiger partial charge < -0.3 is 11.1 Å². The lowest BCUT2D eigenvalue weighted by Gasteiger charge is -2.12. The maximum absolute atomic E-state index is 12.4. The van der Waals surface area contributed by atoms with E-state index in [0.717, 1.165) is 10.0 Å². The average molecular weight is 347 g/mol. The summed E-state index contributed by atoms with van der Waals surface area (Å²) in [5.74, 6) is -0.754. The predicted molar refractivity (Wildman–Crippen MR) is 86.5 cm³/mol. The predicted octanol–water partition coefficient (Wildman–Crippen LogP) is 3.42. The number of hydrogen-bond donors (Lipinski definition) is 2. The molecule has 4 nitrogen and oxygen atoms in total. The minimum absolute atomic E-state index is 0.240. The van der Waals surface area contributed by atoms with Crippen molar-refractivity contribution in [3.8, 4) is 0 Å². The Morgan fingerprint density at radius 1 is 1.05 bits per heavy atom. The molecule has 5 heteroatoms. The summed E-state index contributed by atoms with van der Waals surface area (Å²) in [7, 11) is 0. The largest absolute Gasteiger partial charge is 0.366 e. The van der Waals surface area contributed by atoms with Crippen molar-refractivity contribution in [3.05, 3.63) is 63.1 Å². The zero-order chi connectivity index (χ0) is 15.6. The summed E-state index contributed by atoms with van der Waals surface area (Å²) in [6.45, 7) is 3.67. The van der Waals surface area contributed by atoms with E-state index < -0.39 is 5.91 Å². The van der Waals surface area contributed by atoms with Crippen LogP contribution in [0.3, 0.4) is 0 Å². The van der Waals surface area contributed by atoms with Crippen LogP contribution < -0.4 is 11.1 Å². The molecule has 2 amide bonds. The Kier molecular flexibility index (Phi) is 4.43. The van der Waals surface area contributed by atoms with E-state index in [9.17, 15) is 9.59 Å². The van der Waals surface area contributed by atoms with Gasteiger partial charge in [0, 0.05) is 15.7 Å². The Hall–Kier alpha value is -2.14. The molecule has 2 aromatic carbocycles. The van der Waals surface area contributed by atoms with Crippen molar-refractivity contribution in [3.63, 3.8) is 0 Å². The fourth-order valence-corrected chi connectivity index (χ4v) is 2.49. The van der Waals surface area contributed by atoms with Gasteiger partial charge >= 0.3 is 0 Å². The third-order valence-electron chi connectivity index (χ3n) is 3.28. The van der Waals surface area contributed by atoms with Gasteiger partial charge in [-0.15, -0.1) is 0 Å². The summed E-state index contributed by atoms with van der Waals surface area (Å²) >= 11 is 3.42. The Morgan fingerprint density at radius 3 is 2.33 bits per heavy atom. The Morgan fingerprint density at radius 2 is 1.67 bits per heavy atom. The first kappa shape index (κ1) is 15.3. The van der Waals surface area contributed by atoms with Gasteiger partial charge in [0.05, 0.1) is 5.56 Å². The molecule has 3 N–H and O–H groups in total. The maximum atomic E-state index is 12.4. The van der Waals surface area contributed by atoms with Crippen LogP contribution in [0.1, 0.15) is 31.8 Å². The molecule has 0 aliphatic heterocycles. The van der Waals surface area contributed by atoms with Crippen LogP contribution in [-0.2, 0) is 0 Å². The van der Waals surface area contributed by atoms with E-state index in [1.165, 1.54) is 0 Å². The standard InChI is InChI=1S/C16H15BrN2O2/c1-9-5-3-7-12(14(9)17)16(21)19-13-8-4-6-11(10(13)2)15(18)20/h3-8H,1-2H3,(H2,18,20)(H,19,21). The van der Waals surface area contributed by atoms with E-state index in [1.54, 1.807) is 31.2 Å². The molecule has 0 spiro atoms. The molecule has 0 aromatic heterocycles. The second-order valence-corrected chi connectivity index (χ2v) is 5.53. The molecular formula is C16H15BrN2O2. The molecule has 0 saturated carbocycles. The lowest BCUT2D eigenvalue weighted by atomic mass is 10.1. The molecule has 0 saturated heterocycles. The highest BCUT2D eigenvalue weighted by molar-refractivity contribution is 9.10. The molecule has 0 atom stereocenters. The lowest BCUT2D eigenvalue weighted by Crippen LogP contribution is -2.17. The van der Waals surface area contributed by atoms with Crippen LogP contribution in [-0.4, -0.2) is 11.8 Å². The molecule has 0 unspecified atom stereocenters. The third-order valence-corrected chi connectivity index (χ3v) is 4.34. The molecule has 0 fully saturated rings. The first-order valence-electron chi connectivity index (χ1n) is 6.37. The molecule has 0 heterocycles. The van der Waals surface area contributed by atoms with Crippen molar-refractivity contribution in [1.82, 2.24) is 0 Å². The van der Waals surface area contributed by atoms with E-state index in [0.29, 0.717) is 22.4 Å². The van der Waals surface area contributed by atoms with Crippen LogP contribution in [0.4, 0.5) is 5.69 Å². The van der Waals surface area contributed by atoms with Crippen molar-refractivity contribution in [2.45, 2.75) is 13.8 Å². The minimum Gasteiger partial charge on any atom is -0.366 e. The van der Waals surface area contributed by atoms with Crippen molar-refractivity contribution >= 4 is 33.4 Å². The van der Waals surface area contributed by atoms with Crippen LogP contribution in [0.5, 0.6) is 0 Å². The number of amides is 2. The fourth-order valence-electron chi connectivity index (χ4n) is 2.05. The zero-order valence-electron chi connectivity index (χ0n) is 11.7. The van der Waals surface area contributed by atoms with Gasteiger partial charge in [0.15, 0.2) is 0 Å². The van der Waals surface area contributed by atoms with Gasteiger partial charge in [-0.3, -0.25) is 9.59 Å². The minimum atomic E-state index is -0.514. The van der Waals surface area contributed by atoms with Crippen LogP contribution in [0.2, 0.25) is 0 Å². The topological polar surface area (TPSA) is 72.2 Å². The highest BCUT2D eigenvalue weighted by Gasteiger charge is 2.14. The summed E-state index contributed by atoms with van der Waals surface area (Å²) < 4.78 is 0.756. The number of hydrogen-bond acceptors (Lipinski definition) is 2. The van der Waals surface area contributed by atoms with Gasteiger partial charge in [0.1, 0.15) is 0 Å². The van der Waals surface area contributed by atoms with E-state index >= 15 is 0 Å². The molecule has 0 aliphatic rings. The average Bonchev–Trinajstić information content (AvgIpc) is 2.43. The van der Waals surface area contributed by atoms with Crippen LogP contribution in [0.15, 0.2) is 40.9 Å². The maximum Gasteiger partial charge on any atom is 0.256 e. The smallest absolute Gasteiger partial charge is 0.256 e. The molecule has 0 bridgehead atoms. The van der Waals surface area contributed by atoms with Gasteiger partial charge in [0.2, 0.25) is 5.91 Å². The molecule has 0 radical (unpaired) electrons. The summed E-state index contributed by atoms with van der Waals surface area (Å²) in [5.41, 5.74) is 8.46. The monoisotopic (exact) mass is 346 g/mol. The van der Waals surface area contributed by atoms with E-state index in [-0.39, 0.29) is 5.91 Å². The molecule has 2 rings (SSSR count). The zero-order valence-corrected chi connectivity index (χ0v) is 13.3. The number of aryl methyl sites for hydroxylation is 1. The highest BCUT2D eigenvalue weighted by Crippen LogP contribution is 2.24. The first-order valence-corrected chi connectivity index (χ1v) is 7.17. The van der Waals surface area contributed by atoms with Crippen molar-refractivity contribution < 1.29 is 9.59 Å². The molecule has 2 aromatic rings. The quantitative estimate of drug-likeness (QED) is 0.893. The van der Waals surface area contributed by atoms with Gasteiger partial charge in [-0.25, -0.2) is 0 Å². The highest BCUT2D eigenvalue weighted by atomic mass is 79.9. The number of anilines is 1. The Bertz CT molecular complexity index is 726. The van der Waals surface area contributed by atoms with E-state index in [1.807, 2.05) is 19.1 Å². The molecule has 108 valence electrons. The second kappa shape index (κ2) is 6.10. The Balaban J connectivity index is 2.34. The third kappa shape index (κ3) is 3.13. The van der Waals surface area contributed by atoms with Gasteiger partial charge in [-0.05, 0) is 59.1 Å². The van der Waals surface area contributed by atoms with E-state index in [2.05, 4.69) is 21.2 Å². The van der Waals surface area contributed by atoms with E-state index in [4.69, 9.17) is 5.73 Å². The van der Waals surface area contributed by atoms with Crippen LogP contribution in [0, 0.1) is 13.8 Å². The molecular weight excluding hydrogens is 332 g/mol. The number of carbonyl (C=O) groups excluding carboxylic acids is 2. The van der Waals surface area contributed by atoms with Gasteiger partial charge in [-0.1, -0.05) is 18.2 Å². The van der Waals surface area contributed by atoms with Crippen LogP contribution >= 0.6 is 15.9 Å². The first-order chi connectivity index (χ1) is 9.91. The Labute approximate surface area is 131 Å². The van der Waals surface area contributed by atoms with Gasteiger partial charge in [-0.2, -0.15) is 0 Å². The summed E-state index contributed by atoms with van der Waals surface area (Å²) in [6, 6.07) is 10.5. The van der Waals surface area contributed by atoms with Gasteiger partial charge in [0.25, 0.3) is 5.91 Å². The normalized spacial score (nSPS) is 10.2. The summed E-state index contributed by atoms with van der Waals surface area (Å²) in [6.07, 6.45) is 0. The molecule has 0 aliphatic carbocycles. The second-order valence-electron chi connectivity index (χ2n) is 4.73. The van der Waals surface area contributed by atoms with Crippen molar-refractivity contribution in [2.24, 2.45) is 5.73 Å². The number of halogens is 1. The SMILES string of the molecule is Cc1cccc(C(=O)Nc2cccc(C(N)=O)c2C)c1Br. The number of nitrogens with one attached hydrogen (secondary N) is 1. The fraction of sp³-hybridized carbons (Fsp3) is 0.125. The number of carbonyl (C=O) groups is 2. The van der Waals surface area contributed by atoms with Crippen molar-refractivity contribution in [2.75, 3.05) is 5.32 Å². The summed E-state index contributed by atoms with van der Waals surface area (Å²) in [4.78, 5) is 23.7. The lowest BCUT2D eigenvalue weighted by molar-refractivity contribution is 0.0995. The van der Waals surface area contributed by atoms with Crippen molar-refractivity contribution in [1.29, 1.82) is 0 Å².